The van der Waals surface area contributed by atoms with E-state index in [1.54, 1.807) is 6.92 Å². The predicted octanol–water partition coefficient (Wildman–Crippen LogP) is 1.89. The van der Waals surface area contributed by atoms with Crippen molar-refractivity contribution >= 4 is 27.6 Å². The average Bonchev–Trinajstić information content (AvgIpc) is 2.26. The van der Waals surface area contributed by atoms with E-state index in [0.29, 0.717) is 5.57 Å². The molecule has 0 aliphatic rings. The summed E-state index contributed by atoms with van der Waals surface area (Å²) in [7, 11) is -3.76. The minimum Gasteiger partial charge on any atom is -0.478 e. The number of benzene rings is 1. The highest BCUT2D eigenvalue weighted by Crippen LogP contribution is 2.20. The molecule has 0 heterocycles. The summed E-state index contributed by atoms with van der Waals surface area (Å²) in [4.78, 5) is 10.7. The van der Waals surface area contributed by atoms with Gasteiger partial charge in [-0.25, -0.2) is 17.9 Å². The Labute approximate surface area is 110 Å². The molecule has 1 rings (SSSR count). The number of halogens is 1. The van der Waals surface area contributed by atoms with Crippen molar-refractivity contribution in [3.63, 3.8) is 0 Å². The molecule has 0 aliphatic carbocycles. The molecule has 0 fully saturated rings. The van der Waals surface area contributed by atoms with Gasteiger partial charge in [-0.1, -0.05) is 23.8 Å². The van der Waals surface area contributed by atoms with Gasteiger partial charge in [0.05, 0.1) is 15.5 Å². The number of sulfonamides is 1. The molecule has 1 aromatic carbocycles. The number of carbonyl (C=O) groups is 1. The second-order valence-electron chi connectivity index (χ2n) is 3.73. The number of rotatable bonds is 5. The maximum atomic E-state index is 11.8. The SMILES string of the molecule is C=C(C)CNS(=O)(=O)c1ccc(Cl)c(C(=O)O)c1. The van der Waals surface area contributed by atoms with E-state index >= 15 is 0 Å². The van der Waals surface area contributed by atoms with Crippen LogP contribution in [0.3, 0.4) is 0 Å². The quantitative estimate of drug-likeness (QED) is 0.811. The van der Waals surface area contributed by atoms with Crippen molar-refractivity contribution in [3.8, 4) is 0 Å². The number of carboxylic acids is 1. The van der Waals surface area contributed by atoms with Crippen LogP contribution in [0.25, 0.3) is 0 Å². The Hall–Kier alpha value is -1.37. The predicted molar refractivity (Wildman–Crippen MR) is 68.4 cm³/mol. The zero-order chi connectivity index (χ0) is 13.9. The van der Waals surface area contributed by atoms with E-state index in [9.17, 15) is 13.2 Å². The first-order valence-electron chi connectivity index (χ1n) is 4.91. The van der Waals surface area contributed by atoms with E-state index in [4.69, 9.17) is 16.7 Å². The zero-order valence-corrected chi connectivity index (χ0v) is 11.2. The van der Waals surface area contributed by atoms with Gasteiger partial charge in [-0.2, -0.15) is 0 Å². The molecule has 2 N–H and O–H groups in total. The summed E-state index contributed by atoms with van der Waals surface area (Å²) in [6, 6.07) is 3.50. The van der Waals surface area contributed by atoms with E-state index in [2.05, 4.69) is 11.3 Å². The molecule has 0 saturated heterocycles. The van der Waals surface area contributed by atoms with E-state index in [-0.39, 0.29) is 22.0 Å². The van der Waals surface area contributed by atoms with Crippen molar-refractivity contribution in [2.24, 2.45) is 0 Å². The van der Waals surface area contributed by atoms with Crippen LogP contribution in [0.4, 0.5) is 0 Å². The third-order valence-electron chi connectivity index (χ3n) is 2.04. The van der Waals surface area contributed by atoms with E-state index in [1.807, 2.05) is 0 Å². The van der Waals surface area contributed by atoms with E-state index in [1.165, 1.54) is 12.1 Å². The molecule has 0 bridgehead atoms. The fourth-order valence-electron chi connectivity index (χ4n) is 1.14. The van der Waals surface area contributed by atoms with Crippen LogP contribution in [-0.4, -0.2) is 26.0 Å². The Balaban J connectivity index is 3.14. The number of carboxylic acid groups (broad SMARTS) is 1. The molecule has 0 aromatic heterocycles. The Morgan fingerprint density at radius 2 is 2.11 bits per heavy atom. The van der Waals surface area contributed by atoms with E-state index in [0.717, 1.165) is 6.07 Å². The lowest BCUT2D eigenvalue weighted by Crippen LogP contribution is -2.25. The van der Waals surface area contributed by atoms with Crippen molar-refractivity contribution in [1.29, 1.82) is 0 Å². The van der Waals surface area contributed by atoms with Gasteiger partial charge in [-0.3, -0.25) is 0 Å². The van der Waals surface area contributed by atoms with Gasteiger partial charge in [0.15, 0.2) is 0 Å². The summed E-state index contributed by atoms with van der Waals surface area (Å²) < 4.78 is 26.0. The fraction of sp³-hybridized carbons (Fsp3) is 0.182. The number of hydrogen-bond acceptors (Lipinski definition) is 3. The summed E-state index contributed by atoms with van der Waals surface area (Å²) >= 11 is 5.66. The van der Waals surface area contributed by atoms with Crippen LogP contribution in [-0.2, 0) is 10.0 Å². The molecular formula is C11H12ClNO4S. The van der Waals surface area contributed by atoms with Gasteiger partial charge < -0.3 is 5.11 Å². The summed E-state index contributed by atoms with van der Waals surface area (Å²) in [6.07, 6.45) is 0. The summed E-state index contributed by atoms with van der Waals surface area (Å²) in [5, 5.41) is 8.85. The Bertz CT molecular complexity index is 595. The molecule has 0 amide bonds. The zero-order valence-electron chi connectivity index (χ0n) is 9.60. The molecular weight excluding hydrogens is 278 g/mol. The molecule has 5 nitrogen and oxygen atoms in total. The van der Waals surface area contributed by atoms with Crippen molar-refractivity contribution in [2.75, 3.05) is 6.54 Å². The van der Waals surface area contributed by atoms with Gasteiger partial charge in [-0.15, -0.1) is 0 Å². The number of aromatic carboxylic acids is 1. The maximum Gasteiger partial charge on any atom is 0.337 e. The normalized spacial score (nSPS) is 11.2. The van der Waals surface area contributed by atoms with Crippen molar-refractivity contribution in [1.82, 2.24) is 4.72 Å². The van der Waals surface area contributed by atoms with Crippen molar-refractivity contribution < 1.29 is 18.3 Å². The highest BCUT2D eigenvalue weighted by Gasteiger charge is 2.17. The van der Waals surface area contributed by atoms with Crippen LogP contribution in [0, 0.1) is 0 Å². The third kappa shape index (κ3) is 3.56. The van der Waals surface area contributed by atoms with Crippen molar-refractivity contribution in [3.05, 3.63) is 40.9 Å². The first-order valence-corrected chi connectivity index (χ1v) is 6.77. The van der Waals surface area contributed by atoms with Crippen LogP contribution in [0.15, 0.2) is 35.2 Å². The van der Waals surface area contributed by atoms with Crippen LogP contribution in [0.5, 0.6) is 0 Å². The fourth-order valence-corrected chi connectivity index (χ4v) is 2.46. The largest absolute Gasteiger partial charge is 0.478 e. The molecule has 18 heavy (non-hydrogen) atoms. The van der Waals surface area contributed by atoms with Gasteiger partial charge in [0.2, 0.25) is 10.0 Å². The summed E-state index contributed by atoms with van der Waals surface area (Å²) in [6.45, 7) is 5.33. The van der Waals surface area contributed by atoms with Gasteiger partial charge in [0.1, 0.15) is 0 Å². The molecule has 0 aliphatic heterocycles. The monoisotopic (exact) mass is 289 g/mol. The average molecular weight is 290 g/mol. The topological polar surface area (TPSA) is 83.5 Å². The highest BCUT2D eigenvalue weighted by molar-refractivity contribution is 7.89. The summed E-state index contributed by atoms with van der Waals surface area (Å²) in [5.41, 5.74) is 0.390. The Kier molecular flexibility index (Phi) is 4.50. The Morgan fingerprint density at radius 1 is 1.50 bits per heavy atom. The van der Waals surface area contributed by atoms with Crippen LogP contribution in [0.2, 0.25) is 5.02 Å². The van der Waals surface area contributed by atoms with Gasteiger partial charge in [0.25, 0.3) is 0 Å². The van der Waals surface area contributed by atoms with Gasteiger partial charge >= 0.3 is 5.97 Å². The lowest BCUT2D eigenvalue weighted by atomic mass is 10.2. The minimum absolute atomic E-state index is 0.0126. The van der Waals surface area contributed by atoms with Gasteiger partial charge in [-0.05, 0) is 25.1 Å². The second-order valence-corrected chi connectivity index (χ2v) is 5.90. The number of nitrogens with one attached hydrogen (secondary N) is 1. The second kappa shape index (κ2) is 5.51. The van der Waals surface area contributed by atoms with Crippen LogP contribution < -0.4 is 4.72 Å². The first kappa shape index (κ1) is 14.7. The Morgan fingerprint density at radius 3 is 2.61 bits per heavy atom. The molecule has 0 atom stereocenters. The number of hydrogen-bond donors (Lipinski definition) is 2. The molecule has 0 radical (unpaired) electrons. The standard InChI is InChI=1S/C11H12ClNO4S/c1-7(2)6-13-18(16,17)8-3-4-10(12)9(5-8)11(14)15/h3-5,13H,1,6H2,2H3,(H,14,15). The van der Waals surface area contributed by atoms with Crippen LogP contribution >= 0.6 is 11.6 Å². The lowest BCUT2D eigenvalue weighted by molar-refractivity contribution is 0.0697. The molecule has 0 saturated carbocycles. The smallest absolute Gasteiger partial charge is 0.337 e. The van der Waals surface area contributed by atoms with Crippen molar-refractivity contribution in [2.45, 2.75) is 11.8 Å². The highest BCUT2D eigenvalue weighted by atomic mass is 35.5. The van der Waals surface area contributed by atoms with Gasteiger partial charge in [0, 0.05) is 6.54 Å². The van der Waals surface area contributed by atoms with E-state index < -0.39 is 16.0 Å². The third-order valence-corrected chi connectivity index (χ3v) is 3.77. The molecule has 7 heteroatoms. The van der Waals surface area contributed by atoms with Crippen LogP contribution in [0.1, 0.15) is 17.3 Å². The molecule has 98 valence electrons. The maximum absolute atomic E-state index is 11.8. The molecule has 1 aromatic rings. The molecule has 0 spiro atoms. The molecule has 0 unspecified atom stereocenters. The summed E-state index contributed by atoms with van der Waals surface area (Å²) in [5.74, 6) is -1.28. The minimum atomic E-state index is -3.76. The lowest BCUT2D eigenvalue weighted by Gasteiger charge is -2.08. The first-order chi connectivity index (χ1) is 8.24.